The van der Waals surface area contributed by atoms with Crippen molar-refractivity contribution in [1.29, 1.82) is 0 Å². The van der Waals surface area contributed by atoms with Gasteiger partial charge in [-0.2, -0.15) is 0 Å². The highest BCUT2D eigenvalue weighted by Gasteiger charge is 2.12. The number of hydrogen-bond donors (Lipinski definition) is 0. The quantitative estimate of drug-likeness (QED) is 0.374. The lowest BCUT2D eigenvalue weighted by molar-refractivity contribution is -0.384. The van der Waals surface area contributed by atoms with Crippen molar-refractivity contribution in [2.45, 2.75) is 0 Å². The van der Waals surface area contributed by atoms with E-state index in [1.807, 2.05) is 0 Å². The third-order valence-electron chi connectivity index (χ3n) is 2.42. The van der Waals surface area contributed by atoms with Crippen LogP contribution in [0, 0.1) is 21.7 Å². The number of rotatable bonds is 3. The molecule has 2 aromatic rings. The smallest absolute Gasteiger partial charge is 0.343 e. The third-order valence-corrected chi connectivity index (χ3v) is 2.42. The minimum absolute atomic E-state index is 0.0559. The molecule has 0 bridgehead atoms. The molecule has 0 fully saturated rings. The Morgan fingerprint density at radius 3 is 2.25 bits per heavy atom. The summed E-state index contributed by atoms with van der Waals surface area (Å²) in [7, 11) is 0. The van der Waals surface area contributed by atoms with E-state index >= 15 is 0 Å². The number of hydrogen-bond acceptors (Lipinski definition) is 4. The van der Waals surface area contributed by atoms with E-state index in [1.165, 1.54) is 12.1 Å². The van der Waals surface area contributed by atoms with Crippen LogP contribution in [-0.4, -0.2) is 10.9 Å². The van der Waals surface area contributed by atoms with Gasteiger partial charge in [-0.25, -0.2) is 13.6 Å². The maximum absolute atomic E-state index is 12.9. The molecule has 0 N–H and O–H groups in total. The lowest BCUT2D eigenvalue weighted by Gasteiger charge is -2.04. The van der Waals surface area contributed by atoms with Crippen molar-refractivity contribution in [3.63, 3.8) is 0 Å². The molecule has 0 saturated heterocycles. The zero-order valence-corrected chi connectivity index (χ0v) is 9.88. The molecule has 2 rings (SSSR count). The van der Waals surface area contributed by atoms with Crippen LogP contribution in [0.2, 0.25) is 0 Å². The molecule has 0 aliphatic rings. The van der Waals surface area contributed by atoms with Crippen LogP contribution in [0.1, 0.15) is 10.4 Å². The summed E-state index contributed by atoms with van der Waals surface area (Å²) in [6.07, 6.45) is 0. The van der Waals surface area contributed by atoms with Crippen molar-refractivity contribution in [3.8, 4) is 5.75 Å². The van der Waals surface area contributed by atoms with E-state index in [9.17, 15) is 23.7 Å². The highest BCUT2D eigenvalue weighted by molar-refractivity contribution is 5.91. The molecule has 0 aliphatic carbocycles. The van der Waals surface area contributed by atoms with Crippen molar-refractivity contribution in [1.82, 2.24) is 0 Å². The Labute approximate surface area is 111 Å². The van der Waals surface area contributed by atoms with Crippen LogP contribution in [0.25, 0.3) is 0 Å². The van der Waals surface area contributed by atoms with Gasteiger partial charge in [-0.3, -0.25) is 10.1 Å². The molecule has 5 nitrogen and oxygen atoms in total. The van der Waals surface area contributed by atoms with Gasteiger partial charge in [0.2, 0.25) is 0 Å². The van der Waals surface area contributed by atoms with Crippen LogP contribution in [-0.2, 0) is 0 Å². The predicted molar refractivity (Wildman–Crippen MR) is 64.4 cm³/mol. The van der Waals surface area contributed by atoms with E-state index in [1.54, 1.807) is 0 Å². The van der Waals surface area contributed by atoms with Gasteiger partial charge in [0.25, 0.3) is 5.69 Å². The number of nitro benzene ring substituents is 1. The van der Waals surface area contributed by atoms with Gasteiger partial charge < -0.3 is 4.74 Å². The monoisotopic (exact) mass is 279 g/mol. The molecule has 0 amide bonds. The largest absolute Gasteiger partial charge is 0.423 e. The van der Waals surface area contributed by atoms with E-state index < -0.39 is 22.5 Å². The van der Waals surface area contributed by atoms with Crippen molar-refractivity contribution >= 4 is 11.7 Å². The minimum atomic E-state index is -1.14. The number of carbonyl (C=O) groups is 1. The molecule has 102 valence electrons. The molecule has 0 radical (unpaired) electrons. The maximum atomic E-state index is 12.9. The molecule has 20 heavy (non-hydrogen) atoms. The Bertz CT molecular complexity index is 671. The van der Waals surface area contributed by atoms with Crippen LogP contribution in [0.3, 0.4) is 0 Å². The summed E-state index contributed by atoms with van der Waals surface area (Å²) in [4.78, 5) is 21.5. The number of halogens is 2. The number of carbonyl (C=O) groups excluding carboxylic acids is 1. The normalized spacial score (nSPS) is 10.1. The van der Waals surface area contributed by atoms with Crippen molar-refractivity contribution in [2.75, 3.05) is 0 Å². The predicted octanol–water partition coefficient (Wildman–Crippen LogP) is 3.09. The summed E-state index contributed by atoms with van der Waals surface area (Å²) in [5.41, 5.74) is -0.116. The van der Waals surface area contributed by atoms with Gasteiger partial charge in [-0.1, -0.05) is 0 Å². The second kappa shape index (κ2) is 5.43. The van der Waals surface area contributed by atoms with Gasteiger partial charge in [-0.15, -0.1) is 0 Å². The Morgan fingerprint density at radius 2 is 1.70 bits per heavy atom. The molecule has 0 aromatic heterocycles. The molecule has 0 saturated carbocycles. The average molecular weight is 279 g/mol. The van der Waals surface area contributed by atoms with Gasteiger partial charge in [0.15, 0.2) is 11.6 Å². The summed E-state index contributed by atoms with van der Waals surface area (Å²) in [6, 6.07) is 7.36. The first kappa shape index (κ1) is 13.6. The van der Waals surface area contributed by atoms with Crippen LogP contribution in [0.4, 0.5) is 14.5 Å². The number of nitrogens with zero attached hydrogens (tertiary/aromatic N) is 1. The lowest BCUT2D eigenvalue weighted by Crippen LogP contribution is -2.08. The second-order valence-electron chi connectivity index (χ2n) is 3.77. The SMILES string of the molecule is O=C(Oc1ccc(F)c(F)c1)c1ccc([N+](=O)[O-])cc1. The van der Waals surface area contributed by atoms with Gasteiger partial charge in [0.05, 0.1) is 10.5 Å². The lowest BCUT2D eigenvalue weighted by atomic mass is 10.2. The van der Waals surface area contributed by atoms with E-state index in [4.69, 9.17) is 4.74 Å². The molecule has 7 heteroatoms. The number of benzene rings is 2. The van der Waals surface area contributed by atoms with Crippen LogP contribution >= 0.6 is 0 Å². The third kappa shape index (κ3) is 2.94. The molecule has 0 heterocycles. The number of non-ortho nitro benzene ring substituents is 1. The molecular weight excluding hydrogens is 272 g/mol. The fourth-order valence-electron chi connectivity index (χ4n) is 1.43. The Balaban J connectivity index is 2.15. The first-order chi connectivity index (χ1) is 9.47. The van der Waals surface area contributed by atoms with Gasteiger partial charge in [0.1, 0.15) is 5.75 Å². The topological polar surface area (TPSA) is 69.4 Å². The first-order valence-electron chi connectivity index (χ1n) is 5.39. The number of ether oxygens (including phenoxy) is 1. The molecule has 0 unspecified atom stereocenters. The molecule has 0 aliphatic heterocycles. The van der Waals surface area contributed by atoms with E-state index in [-0.39, 0.29) is 17.0 Å². The number of nitro groups is 1. The summed E-state index contributed by atoms with van der Waals surface area (Å²) >= 11 is 0. The maximum Gasteiger partial charge on any atom is 0.343 e. The van der Waals surface area contributed by atoms with Gasteiger partial charge >= 0.3 is 5.97 Å². The minimum Gasteiger partial charge on any atom is -0.423 e. The standard InChI is InChI=1S/C13H7F2NO4/c14-11-6-5-10(7-12(11)15)20-13(17)8-1-3-9(4-2-8)16(18)19/h1-7H. The fourth-order valence-corrected chi connectivity index (χ4v) is 1.43. The van der Waals surface area contributed by atoms with Crippen molar-refractivity contribution in [2.24, 2.45) is 0 Å². The number of esters is 1. The van der Waals surface area contributed by atoms with E-state index in [2.05, 4.69) is 0 Å². The average Bonchev–Trinajstić information content (AvgIpc) is 2.43. The fraction of sp³-hybridized carbons (Fsp3) is 0. The zero-order chi connectivity index (χ0) is 14.7. The van der Waals surface area contributed by atoms with Crippen LogP contribution in [0.15, 0.2) is 42.5 Å². The van der Waals surface area contributed by atoms with Crippen molar-refractivity contribution in [3.05, 3.63) is 69.8 Å². The van der Waals surface area contributed by atoms with E-state index in [0.717, 1.165) is 30.3 Å². The molecule has 0 spiro atoms. The van der Waals surface area contributed by atoms with Gasteiger partial charge in [0, 0.05) is 18.2 Å². The Hall–Kier alpha value is -2.83. The van der Waals surface area contributed by atoms with Crippen LogP contribution < -0.4 is 4.74 Å². The highest BCUT2D eigenvalue weighted by atomic mass is 19.2. The second-order valence-corrected chi connectivity index (χ2v) is 3.77. The summed E-state index contributed by atoms with van der Waals surface area (Å²) in [5.74, 6) is -3.18. The highest BCUT2D eigenvalue weighted by Crippen LogP contribution is 2.18. The van der Waals surface area contributed by atoms with Gasteiger partial charge in [-0.05, 0) is 24.3 Å². The Kier molecular flexibility index (Phi) is 3.69. The summed E-state index contributed by atoms with van der Waals surface area (Å²) in [5, 5.41) is 10.5. The van der Waals surface area contributed by atoms with E-state index in [0.29, 0.717) is 0 Å². The van der Waals surface area contributed by atoms with Crippen molar-refractivity contribution < 1.29 is 23.2 Å². The summed E-state index contributed by atoms with van der Waals surface area (Å²) < 4.78 is 30.5. The Morgan fingerprint density at radius 1 is 1.05 bits per heavy atom. The summed E-state index contributed by atoms with van der Waals surface area (Å²) in [6.45, 7) is 0. The van der Waals surface area contributed by atoms with Crippen LogP contribution in [0.5, 0.6) is 5.75 Å². The molecular formula is C13H7F2NO4. The molecule has 0 atom stereocenters. The first-order valence-corrected chi connectivity index (χ1v) is 5.39. The zero-order valence-electron chi connectivity index (χ0n) is 9.88. The molecule has 2 aromatic carbocycles.